The lowest BCUT2D eigenvalue weighted by Crippen LogP contribution is -2.33. The number of aromatic nitrogens is 1. The number of hydrogen-bond acceptors (Lipinski definition) is 5. The van der Waals surface area contributed by atoms with E-state index < -0.39 is 0 Å². The molecule has 112 valence electrons. The van der Waals surface area contributed by atoms with Crippen LogP contribution in [0, 0.1) is 17.0 Å². The summed E-state index contributed by atoms with van der Waals surface area (Å²) < 4.78 is 0. The fraction of sp³-hybridized carbons (Fsp3) is 0.400. The first kappa shape index (κ1) is 15.4. The van der Waals surface area contributed by atoms with E-state index in [4.69, 9.17) is 0 Å². The van der Waals surface area contributed by atoms with Crippen molar-refractivity contribution >= 4 is 22.7 Å². The zero-order valence-corrected chi connectivity index (χ0v) is 13.3. The molecule has 0 atom stereocenters. The minimum atomic E-state index is -0.312. The van der Waals surface area contributed by atoms with E-state index in [0.29, 0.717) is 5.69 Å². The Morgan fingerprint density at radius 2 is 2.19 bits per heavy atom. The zero-order chi connectivity index (χ0) is 15.4. The summed E-state index contributed by atoms with van der Waals surface area (Å²) in [4.78, 5) is 17.3. The van der Waals surface area contributed by atoms with E-state index in [-0.39, 0.29) is 16.7 Å². The summed E-state index contributed by atoms with van der Waals surface area (Å²) in [5.74, 6) is 0. The third-order valence-electron chi connectivity index (χ3n) is 3.31. The molecule has 1 heterocycles. The second-order valence-electron chi connectivity index (χ2n) is 5.21. The van der Waals surface area contributed by atoms with Gasteiger partial charge in [-0.05, 0) is 32.4 Å². The van der Waals surface area contributed by atoms with Crippen molar-refractivity contribution in [1.82, 2.24) is 4.98 Å². The number of hydrogen-bond donors (Lipinski definition) is 0. The molecular weight excluding hydrogens is 286 g/mol. The maximum Gasteiger partial charge on any atom is 0.292 e. The zero-order valence-electron chi connectivity index (χ0n) is 12.4. The molecule has 1 aromatic carbocycles. The van der Waals surface area contributed by atoms with Gasteiger partial charge in [-0.3, -0.25) is 10.1 Å². The molecule has 0 unspecified atom stereocenters. The molecule has 5 nitrogen and oxygen atoms in total. The molecule has 0 spiro atoms. The van der Waals surface area contributed by atoms with Gasteiger partial charge in [0.25, 0.3) is 5.69 Å². The number of nitro groups is 1. The fourth-order valence-electron chi connectivity index (χ4n) is 2.27. The lowest BCUT2D eigenvalue weighted by atomic mass is 10.1. The van der Waals surface area contributed by atoms with Gasteiger partial charge in [-0.15, -0.1) is 11.3 Å². The Bertz CT molecular complexity index is 611. The molecule has 6 heteroatoms. The van der Waals surface area contributed by atoms with Gasteiger partial charge >= 0.3 is 0 Å². The number of benzene rings is 1. The summed E-state index contributed by atoms with van der Waals surface area (Å²) in [5.41, 5.74) is 1.87. The van der Waals surface area contributed by atoms with E-state index in [9.17, 15) is 10.1 Å². The van der Waals surface area contributed by atoms with Crippen LogP contribution in [-0.4, -0.2) is 22.5 Å². The number of anilines is 1. The average molecular weight is 305 g/mol. The molecule has 1 aromatic heterocycles. The van der Waals surface area contributed by atoms with Crippen molar-refractivity contribution in [2.45, 2.75) is 33.2 Å². The van der Waals surface area contributed by atoms with Gasteiger partial charge in [0, 0.05) is 36.7 Å². The molecule has 2 aromatic rings. The van der Waals surface area contributed by atoms with Gasteiger partial charge in [0.1, 0.15) is 5.69 Å². The van der Waals surface area contributed by atoms with Gasteiger partial charge in [-0.25, -0.2) is 4.98 Å². The van der Waals surface area contributed by atoms with Crippen molar-refractivity contribution in [3.8, 4) is 0 Å². The highest BCUT2D eigenvalue weighted by molar-refractivity contribution is 7.09. The normalized spacial score (nSPS) is 10.9. The van der Waals surface area contributed by atoms with E-state index >= 15 is 0 Å². The van der Waals surface area contributed by atoms with E-state index in [0.717, 1.165) is 23.5 Å². The molecule has 0 bridgehead atoms. The van der Waals surface area contributed by atoms with Crippen molar-refractivity contribution < 1.29 is 4.92 Å². The maximum atomic E-state index is 11.3. The predicted molar refractivity (Wildman–Crippen MR) is 86.1 cm³/mol. The van der Waals surface area contributed by atoms with Crippen LogP contribution in [0.2, 0.25) is 0 Å². The third kappa shape index (κ3) is 3.78. The van der Waals surface area contributed by atoms with Gasteiger partial charge in [0.2, 0.25) is 0 Å². The first-order chi connectivity index (χ1) is 9.99. The van der Waals surface area contributed by atoms with Crippen molar-refractivity contribution in [1.29, 1.82) is 0 Å². The lowest BCUT2D eigenvalue weighted by Gasteiger charge is -2.28. The maximum absolute atomic E-state index is 11.3. The van der Waals surface area contributed by atoms with Crippen molar-refractivity contribution in [2.75, 3.05) is 11.4 Å². The Morgan fingerprint density at radius 1 is 1.43 bits per heavy atom. The molecule has 0 amide bonds. The Hall–Kier alpha value is -1.95. The number of thiazole rings is 1. The van der Waals surface area contributed by atoms with Crippen LogP contribution in [0.5, 0.6) is 0 Å². The second kappa shape index (κ2) is 6.67. The minimum absolute atomic E-state index is 0.161. The van der Waals surface area contributed by atoms with Gasteiger partial charge < -0.3 is 4.90 Å². The topological polar surface area (TPSA) is 59.3 Å². The molecular formula is C15H19N3O2S. The molecule has 0 radical (unpaired) electrons. The van der Waals surface area contributed by atoms with Crippen LogP contribution in [0.1, 0.15) is 24.4 Å². The Labute approximate surface area is 128 Å². The summed E-state index contributed by atoms with van der Waals surface area (Å²) in [6.07, 6.45) is 2.58. The first-order valence-electron chi connectivity index (χ1n) is 6.89. The third-order valence-corrected chi connectivity index (χ3v) is 4.15. The minimum Gasteiger partial charge on any atom is -0.363 e. The predicted octanol–water partition coefficient (Wildman–Crippen LogP) is 3.82. The van der Waals surface area contributed by atoms with Crippen LogP contribution in [-0.2, 0) is 6.42 Å². The van der Waals surface area contributed by atoms with Gasteiger partial charge in [-0.2, -0.15) is 0 Å². The number of aryl methyl sites for hydroxylation is 1. The van der Waals surface area contributed by atoms with Crippen LogP contribution in [0.15, 0.2) is 29.8 Å². The quantitative estimate of drug-likeness (QED) is 0.601. The molecule has 2 rings (SSSR count). The average Bonchev–Trinajstić information content (AvgIpc) is 2.91. The highest BCUT2D eigenvalue weighted by Gasteiger charge is 2.21. The SMILES string of the molecule is Cc1ccc([N+](=O)[O-])c(N(CCc2nccs2)C(C)C)c1. The van der Waals surface area contributed by atoms with Crippen LogP contribution in [0.4, 0.5) is 11.4 Å². The molecule has 0 aliphatic carbocycles. The standard InChI is InChI=1S/C15H19N3O2S/c1-11(2)17(8-6-15-16-7-9-21-15)14-10-12(3)4-5-13(14)18(19)20/h4-5,7,9-11H,6,8H2,1-3H3. The monoisotopic (exact) mass is 305 g/mol. The van der Waals surface area contributed by atoms with E-state index in [1.54, 1.807) is 29.7 Å². The summed E-state index contributed by atoms with van der Waals surface area (Å²) in [6, 6.07) is 5.44. The van der Waals surface area contributed by atoms with E-state index in [2.05, 4.69) is 9.88 Å². The summed E-state index contributed by atoms with van der Waals surface area (Å²) in [5, 5.41) is 14.3. The number of rotatable bonds is 6. The summed E-state index contributed by atoms with van der Waals surface area (Å²) in [6.45, 7) is 6.77. The summed E-state index contributed by atoms with van der Waals surface area (Å²) in [7, 11) is 0. The van der Waals surface area contributed by atoms with Gasteiger partial charge in [0.15, 0.2) is 0 Å². The van der Waals surface area contributed by atoms with Crippen molar-refractivity contribution in [3.63, 3.8) is 0 Å². The van der Waals surface area contributed by atoms with Crippen molar-refractivity contribution in [2.24, 2.45) is 0 Å². The smallest absolute Gasteiger partial charge is 0.292 e. The van der Waals surface area contributed by atoms with Crippen molar-refractivity contribution in [3.05, 3.63) is 50.5 Å². The molecule has 21 heavy (non-hydrogen) atoms. The molecule has 0 fully saturated rings. The Morgan fingerprint density at radius 3 is 2.76 bits per heavy atom. The second-order valence-corrected chi connectivity index (χ2v) is 6.19. The van der Waals surface area contributed by atoms with E-state index in [1.807, 2.05) is 32.2 Å². The molecule has 0 N–H and O–H groups in total. The molecule has 0 saturated heterocycles. The van der Waals surface area contributed by atoms with Gasteiger partial charge in [0.05, 0.1) is 9.93 Å². The fourth-order valence-corrected chi connectivity index (χ4v) is 2.88. The van der Waals surface area contributed by atoms with E-state index in [1.165, 1.54) is 0 Å². The first-order valence-corrected chi connectivity index (χ1v) is 7.77. The van der Waals surface area contributed by atoms with Gasteiger partial charge in [-0.1, -0.05) is 6.07 Å². The number of nitrogens with zero attached hydrogens (tertiary/aromatic N) is 3. The van der Waals surface area contributed by atoms with Crippen LogP contribution >= 0.6 is 11.3 Å². The number of nitro benzene ring substituents is 1. The highest BCUT2D eigenvalue weighted by Crippen LogP contribution is 2.30. The Balaban J connectivity index is 2.29. The Kier molecular flexibility index (Phi) is 4.90. The van der Waals surface area contributed by atoms with Crippen LogP contribution in [0.25, 0.3) is 0 Å². The molecule has 0 saturated carbocycles. The van der Waals surface area contributed by atoms with Crippen LogP contribution < -0.4 is 4.90 Å². The molecule has 0 aliphatic heterocycles. The molecule has 0 aliphatic rings. The lowest BCUT2D eigenvalue weighted by molar-refractivity contribution is -0.384. The largest absolute Gasteiger partial charge is 0.363 e. The summed E-state index contributed by atoms with van der Waals surface area (Å²) >= 11 is 1.61. The highest BCUT2D eigenvalue weighted by atomic mass is 32.1. The van der Waals surface area contributed by atoms with Crippen LogP contribution in [0.3, 0.4) is 0 Å².